The van der Waals surface area contributed by atoms with Gasteiger partial charge in [0, 0.05) is 31.2 Å². The number of carbonyl (C=O) groups is 2. The predicted octanol–water partition coefficient (Wildman–Crippen LogP) is 1.98. The first-order chi connectivity index (χ1) is 11.6. The summed E-state index contributed by atoms with van der Waals surface area (Å²) in [5.74, 6) is 0.114. The monoisotopic (exact) mass is 350 g/mol. The number of amides is 2. The lowest BCUT2D eigenvalue weighted by Gasteiger charge is -2.36. The van der Waals surface area contributed by atoms with Gasteiger partial charge in [0.1, 0.15) is 0 Å². The lowest BCUT2D eigenvalue weighted by molar-refractivity contribution is -0.143. The Kier molecular flexibility index (Phi) is 5.74. The van der Waals surface area contributed by atoms with Crippen LogP contribution in [0.25, 0.3) is 0 Å². The summed E-state index contributed by atoms with van der Waals surface area (Å²) in [4.78, 5) is 28.9. The van der Waals surface area contributed by atoms with E-state index in [2.05, 4.69) is 0 Å². The fraction of sp³-hybridized carbons (Fsp3) is 0.556. The van der Waals surface area contributed by atoms with Crippen molar-refractivity contribution in [3.63, 3.8) is 0 Å². The first kappa shape index (κ1) is 17.2. The molecule has 0 spiro atoms. The van der Waals surface area contributed by atoms with Crippen LogP contribution in [0.2, 0.25) is 5.02 Å². The molecule has 3 rings (SSSR count). The number of piperidine rings is 1. The van der Waals surface area contributed by atoms with Crippen molar-refractivity contribution in [3.05, 3.63) is 34.9 Å². The summed E-state index contributed by atoms with van der Waals surface area (Å²) in [6.45, 7) is 3.75. The van der Waals surface area contributed by atoms with Gasteiger partial charge in [0.2, 0.25) is 11.8 Å². The van der Waals surface area contributed by atoms with Crippen molar-refractivity contribution in [2.24, 2.45) is 5.92 Å². The Morgan fingerprint density at radius 1 is 1.12 bits per heavy atom. The SMILES string of the molecule is O=C(Cc1ccccc1Cl)N1CCCC(C(=O)N2CCOCC2)C1. The number of nitrogens with zero attached hydrogens (tertiary/aromatic N) is 2. The number of hydrogen-bond acceptors (Lipinski definition) is 3. The van der Waals surface area contributed by atoms with E-state index in [-0.39, 0.29) is 24.2 Å². The minimum absolute atomic E-state index is 0.0441. The maximum absolute atomic E-state index is 12.6. The van der Waals surface area contributed by atoms with Crippen LogP contribution in [-0.2, 0) is 20.7 Å². The Hall–Kier alpha value is -1.59. The van der Waals surface area contributed by atoms with E-state index in [4.69, 9.17) is 16.3 Å². The molecule has 0 saturated carbocycles. The molecule has 1 aromatic carbocycles. The van der Waals surface area contributed by atoms with Crippen LogP contribution < -0.4 is 0 Å². The van der Waals surface area contributed by atoms with Gasteiger partial charge in [0.25, 0.3) is 0 Å². The van der Waals surface area contributed by atoms with Crippen molar-refractivity contribution >= 4 is 23.4 Å². The number of ether oxygens (including phenoxy) is 1. The van der Waals surface area contributed by atoms with Gasteiger partial charge in [-0.25, -0.2) is 0 Å². The van der Waals surface area contributed by atoms with E-state index in [1.165, 1.54) is 0 Å². The third kappa shape index (κ3) is 4.08. The third-order valence-electron chi connectivity index (χ3n) is 4.75. The number of hydrogen-bond donors (Lipinski definition) is 0. The summed E-state index contributed by atoms with van der Waals surface area (Å²) < 4.78 is 5.30. The maximum atomic E-state index is 12.6. The highest BCUT2D eigenvalue weighted by Crippen LogP contribution is 2.22. The van der Waals surface area contributed by atoms with E-state index in [1.807, 2.05) is 28.0 Å². The van der Waals surface area contributed by atoms with E-state index in [9.17, 15) is 9.59 Å². The van der Waals surface area contributed by atoms with Crippen LogP contribution in [0, 0.1) is 5.92 Å². The Labute approximate surface area is 147 Å². The lowest BCUT2D eigenvalue weighted by Crippen LogP contribution is -2.49. The molecule has 2 aliphatic rings. The lowest BCUT2D eigenvalue weighted by atomic mass is 9.95. The van der Waals surface area contributed by atoms with Gasteiger partial charge >= 0.3 is 0 Å². The molecule has 2 heterocycles. The zero-order valence-corrected chi connectivity index (χ0v) is 14.5. The van der Waals surface area contributed by atoms with E-state index >= 15 is 0 Å². The molecule has 24 heavy (non-hydrogen) atoms. The van der Waals surface area contributed by atoms with Gasteiger partial charge in [0.05, 0.1) is 25.6 Å². The number of halogens is 1. The molecule has 0 radical (unpaired) electrons. The highest BCUT2D eigenvalue weighted by Gasteiger charge is 2.31. The Morgan fingerprint density at radius 2 is 1.88 bits per heavy atom. The molecule has 5 nitrogen and oxygen atoms in total. The molecule has 0 aromatic heterocycles. The van der Waals surface area contributed by atoms with Gasteiger partial charge in [-0.15, -0.1) is 0 Å². The molecule has 2 aliphatic heterocycles. The van der Waals surface area contributed by atoms with E-state index < -0.39 is 0 Å². The van der Waals surface area contributed by atoms with Crippen molar-refractivity contribution < 1.29 is 14.3 Å². The number of likely N-dealkylation sites (tertiary alicyclic amines) is 1. The van der Waals surface area contributed by atoms with Crippen LogP contribution in [-0.4, -0.2) is 61.0 Å². The standard InChI is InChI=1S/C18H23ClN2O3/c19-16-6-2-1-4-14(16)12-17(22)21-7-3-5-15(13-21)18(23)20-8-10-24-11-9-20/h1-2,4,6,15H,3,5,7-13H2. The molecule has 2 fully saturated rings. The average molecular weight is 351 g/mol. The number of morpholine rings is 1. The Bertz CT molecular complexity index is 602. The molecule has 1 aromatic rings. The highest BCUT2D eigenvalue weighted by atomic mass is 35.5. The van der Waals surface area contributed by atoms with Crippen LogP contribution in [0.3, 0.4) is 0 Å². The largest absolute Gasteiger partial charge is 0.378 e. The van der Waals surface area contributed by atoms with Gasteiger partial charge in [-0.05, 0) is 24.5 Å². The van der Waals surface area contributed by atoms with Crippen molar-refractivity contribution in [3.8, 4) is 0 Å². The van der Waals surface area contributed by atoms with Gasteiger partial charge < -0.3 is 14.5 Å². The number of rotatable bonds is 3. The zero-order chi connectivity index (χ0) is 16.9. The summed E-state index contributed by atoms with van der Waals surface area (Å²) in [5, 5.41) is 0.615. The minimum Gasteiger partial charge on any atom is -0.378 e. The van der Waals surface area contributed by atoms with Crippen LogP contribution in [0.1, 0.15) is 18.4 Å². The first-order valence-corrected chi connectivity index (χ1v) is 8.90. The molecule has 0 bridgehead atoms. The topological polar surface area (TPSA) is 49.9 Å². The van der Waals surface area contributed by atoms with Crippen molar-refractivity contribution in [2.75, 3.05) is 39.4 Å². The Balaban J connectivity index is 1.59. The van der Waals surface area contributed by atoms with Crippen LogP contribution in [0.15, 0.2) is 24.3 Å². The van der Waals surface area contributed by atoms with Gasteiger partial charge in [-0.2, -0.15) is 0 Å². The van der Waals surface area contributed by atoms with E-state index in [0.29, 0.717) is 37.9 Å². The molecule has 130 valence electrons. The maximum Gasteiger partial charge on any atom is 0.227 e. The predicted molar refractivity (Wildman–Crippen MR) is 91.9 cm³/mol. The third-order valence-corrected chi connectivity index (χ3v) is 5.11. The second-order valence-electron chi connectivity index (χ2n) is 6.38. The van der Waals surface area contributed by atoms with Gasteiger partial charge in [-0.3, -0.25) is 9.59 Å². The molecule has 2 amide bonds. The summed E-state index contributed by atoms with van der Waals surface area (Å²) >= 11 is 6.14. The zero-order valence-electron chi connectivity index (χ0n) is 13.7. The fourth-order valence-electron chi connectivity index (χ4n) is 3.36. The quantitative estimate of drug-likeness (QED) is 0.837. The minimum atomic E-state index is -0.0907. The molecular weight excluding hydrogens is 328 g/mol. The second-order valence-corrected chi connectivity index (χ2v) is 6.79. The molecule has 1 unspecified atom stereocenters. The fourth-order valence-corrected chi connectivity index (χ4v) is 3.57. The van der Waals surface area contributed by atoms with E-state index in [1.54, 1.807) is 6.07 Å². The van der Waals surface area contributed by atoms with Gasteiger partial charge in [-0.1, -0.05) is 29.8 Å². The highest BCUT2D eigenvalue weighted by molar-refractivity contribution is 6.31. The van der Waals surface area contributed by atoms with E-state index in [0.717, 1.165) is 24.9 Å². The van der Waals surface area contributed by atoms with Crippen LogP contribution in [0.4, 0.5) is 0 Å². The first-order valence-electron chi connectivity index (χ1n) is 8.53. The van der Waals surface area contributed by atoms with Crippen LogP contribution >= 0.6 is 11.6 Å². The average Bonchev–Trinajstić information content (AvgIpc) is 2.64. The smallest absolute Gasteiger partial charge is 0.227 e. The van der Waals surface area contributed by atoms with Crippen molar-refractivity contribution in [1.29, 1.82) is 0 Å². The van der Waals surface area contributed by atoms with Crippen LogP contribution in [0.5, 0.6) is 0 Å². The normalized spacial score (nSPS) is 21.6. The molecule has 0 aliphatic carbocycles. The molecular formula is C18H23ClN2O3. The number of carbonyl (C=O) groups excluding carboxylic acids is 2. The molecule has 0 N–H and O–H groups in total. The van der Waals surface area contributed by atoms with Crippen molar-refractivity contribution in [1.82, 2.24) is 9.80 Å². The van der Waals surface area contributed by atoms with Gasteiger partial charge in [0.15, 0.2) is 0 Å². The number of benzene rings is 1. The summed E-state index contributed by atoms with van der Waals surface area (Å²) in [6.07, 6.45) is 2.01. The molecule has 6 heteroatoms. The molecule has 1 atom stereocenters. The van der Waals surface area contributed by atoms with Crippen molar-refractivity contribution in [2.45, 2.75) is 19.3 Å². The summed E-state index contributed by atoms with van der Waals surface area (Å²) in [7, 11) is 0. The molecule has 2 saturated heterocycles. The summed E-state index contributed by atoms with van der Waals surface area (Å²) in [5.41, 5.74) is 0.839. The summed E-state index contributed by atoms with van der Waals surface area (Å²) in [6, 6.07) is 7.41. The Morgan fingerprint density at radius 3 is 2.62 bits per heavy atom. The second kappa shape index (κ2) is 7.99.